The number of rotatable bonds is 2. The second kappa shape index (κ2) is 36.4. The predicted molar refractivity (Wildman–Crippen MR) is 222 cm³/mol. The Morgan fingerprint density at radius 2 is 1.09 bits per heavy atom. The average molecular weight is 633 g/mol. The van der Waals surface area contributed by atoms with Crippen molar-refractivity contribution in [2.24, 2.45) is 5.92 Å². The number of allylic oxidation sites excluding steroid dienone is 1. The van der Waals surface area contributed by atoms with Gasteiger partial charge in [0.05, 0.1) is 0 Å². The van der Waals surface area contributed by atoms with Crippen molar-refractivity contribution in [1.29, 1.82) is 0 Å². The number of unbranched alkanes of at least 4 members (excludes halogenated alkanes) is 1. The van der Waals surface area contributed by atoms with Crippen molar-refractivity contribution in [2.75, 3.05) is 0 Å². The molecule has 0 saturated heterocycles. The third-order valence-electron chi connectivity index (χ3n) is 5.10. The Balaban J connectivity index is -0.000000115. The predicted octanol–water partition coefficient (Wildman–Crippen LogP) is 16.0. The molecule has 0 aliphatic rings. The topological polar surface area (TPSA) is 0 Å². The molecule has 0 saturated carbocycles. The molecule has 0 aliphatic heterocycles. The number of hydrogen-bond donors (Lipinski definition) is 0. The van der Waals surface area contributed by atoms with E-state index in [-0.39, 0.29) is 12.8 Å². The van der Waals surface area contributed by atoms with Crippen molar-refractivity contribution in [3.8, 4) is 23.5 Å². The summed E-state index contributed by atoms with van der Waals surface area (Å²) in [6.07, 6.45) is 8.01. The van der Waals surface area contributed by atoms with Gasteiger partial charge < -0.3 is 0 Å². The van der Waals surface area contributed by atoms with Crippen LogP contribution in [0.2, 0.25) is 0 Å². The summed E-state index contributed by atoms with van der Waals surface area (Å²) < 4.78 is 0. The lowest BCUT2D eigenvalue weighted by atomic mass is 9.84. The quantitative estimate of drug-likeness (QED) is 0.195. The standard InChI is InChI=1S/C15H12.C12H18.C4H10.C4H8.C4H10.3C2H6.CH4/c1-3-13-5-4-6-15(11-13)14-9-7-12(2)8-10-14;1-9-6-7-11(10(2)8-9)12(3,4)5;2*1-4(2)3;1-3-4-2;3*1-2;/h1,4-11H,2H3;6-8H,1-5H3;4H,1-3H3;1H2,2-3H3;3-4H2,1-2H3;3*1-2H3;1H4. The highest BCUT2D eigenvalue weighted by atomic mass is 14.2. The normalized spacial score (nSPS) is 8.59. The van der Waals surface area contributed by atoms with Crippen LogP contribution in [0, 0.1) is 39.0 Å². The van der Waals surface area contributed by atoms with Crippen molar-refractivity contribution in [2.45, 2.75) is 157 Å². The van der Waals surface area contributed by atoms with Gasteiger partial charge in [0.2, 0.25) is 0 Å². The van der Waals surface area contributed by atoms with Gasteiger partial charge in [-0.25, -0.2) is 0 Å². The van der Waals surface area contributed by atoms with Gasteiger partial charge in [-0.3, -0.25) is 0 Å². The van der Waals surface area contributed by atoms with E-state index in [0.29, 0.717) is 0 Å². The smallest absolute Gasteiger partial charge is 0.0248 e. The van der Waals surface area contributed by atoms with E-state index < -0.39 is 0 Å². The van der Waals surface area contributed by atoms with E-state index in [4.69, 9.17) is 6.42 Å². The van der Waals surface area contributed by atoms with E-state index in [9.17, 15) is 0 Å². The van der Waals surface area contributed by atoms with Gasteiger partial charge in [-0.05, 0) is 80.3 Å². The van der Waals surface area contributed by atoms with Gasteiger partial charge in [-0.1, -0.05) is 194 Å². The second-order valence-corrected chi connectivity index (χ2v) is 12.1. The van der Waals surface area contributed by atoms with E-state index in [1.807, 2.05) is 73.6 Å². The van der Waals surface area contributed by atoms with E-state index in [1.165, 1.54) is 51.8 Å². The van der Waals surface area contributed by atoms with E-state index in [0.717, 1.165) is 11.5 Å². The number of terminal acetylenes is 1. The van der Waals surface area contributed by atoms with Crippen LogP contribution in [0.1, 0.15) is 159 Å². The molecule has 0 fully saturated rings. The molecule has 0 bridgehead atoms. The van der Waals surface area contributed by atoms with Crippen LogP contribution < -0.4 is 0 Å². The van der Waals surface area contributed by atoms with Gasteiger partial charge in [0.25, 0.3) is 0 Å². The maximum Gasteiger partial charge on any atom is 0.0248 e. The number of hydrogen-bond acceptors (Lipinski definition) is 0. The zero-order valence-electron chi connectivity index (χ0n) is 33.6. The lowest BCUT2D eigenvalue weighted by Gasteiger charge is -2.21. The summed E-state index contributed by atoms with van der Waals surface area (Å²) in [5.41, 5.74) is 10.2. The molecule has 0 amide bonds. The van der Waals surface area contributed by atoms with Gasteiger partial charge in [0.15, 0.2) is 0 Å². The fourth-order valence-corrected chi connectivity index (χ4v) is 3.19. The summed E-state index contributed by atoms with van der Waals surface area (Å²) in [6.45, 7) is 43.5. The SMILES string of the molecule is C.C#Cc1cccc(-c2ccc(C)cc2)c1.C=C(C)C.CC.CC.CC.CC(C)C.CCCC.Cc1ccc(C(C)(C)C)c(C)c1. The molecule has 0 N–H and O–H groups in total. The highest BCUT2D eigenvalue weighted by Crippen LogP contribution is 2.25. The molecule has 0 spiro atoms. The van der Waals surface area contributed by atoms with E-state index >= 15 is 0 Å². The van der Waals surface area contributed by atoms with Crippen LogP contribution in [0.15, 0.2) is 78.9 Å². The van der Waals surface area contributed by atoms with Crippen molar-refractivity contribution >= 4 is 0 Å². The number of benzene rings is 3. The molecule has 3 aromatic rings. The summed E-state index contributed by atoms with van der Waals surface area (Å²) in [5.74, 6) is 3.48. The molecule has 0 radical (unpaired) electrons. The molecule has 0 heterocycles. The number of aryl methyl sites for hydroxylation is 3. The molecular weight excluding hydrogens is 553 g/mol. The van der Waals surface area contributed by atoms with Crippen LogP contribution in [0.5, 0.6) is 0 Å². The average Bonchev–Trinajstić information content (AvgIpc) is 3.00. The second-order valence-electron chi connectivity index (χ2n) is 12.1. The van der Waals surface area contributed by atoms with E-state index in [2.05, 4.69) is 137 Å². The van der Waals surface area contributed by atoms with Crippen LogP contribution >= 0.6 is 0 Å². The molecule has 0 aromatic heterocycles. The molecule has 0 nitrogen and oxygen atoms in total. The highest BCUT2D eigenvalue weighted by molar-refractivity contribution is 5.65. The Labute approximate surface area is 292 Å². The van der Waals surface area contributed by atoms with Gasteiger partial charge in [-0.15, -0.1) is 13.0 Å². The molecule has 0 heteroatoms. The Hall–Kier alpha value is -3.04. The largest absolute Gasteiger partial charge is 0.115 e. The first-order valence-electron chi connectivity index (χ1n) is 17.4. The first-order valence-corrected chi connectivity index (χ1v) is 17.4. The molecule has 3 rings (SSSR count). The third kappa shape index (κ3) is 35.4. The Morgan fingerprint density at radius 3 is 1.41 bits per heavy atom. The van der Waals surface area contributed by atoms with Crippen LogP contribution in [-0.2, 0) is 5.41 Å². The molecule has 46 heavy (non-hydrogen) atoms. The minimum absolute atomic E-state index is 0. The molecule has 264 valence electrons. The first-order chi connectivity index (χ1) is 21.1. The zero-order valence-corrected chi connectivity index (χ0v) is 33.6. The minimum Gasteiger partial charge on any atom is -0.115 e. The minimum atomic E-state index is 0. The monoisotopic (exact) mass is 633 g/mol. The maximum atomic E-state index is 5.37. The van der Waals surface area contributed by atoms with Crippen LogP contribution in [0.4, 0.5) is 0 Å². The van der Waals surface area contributed by atoms with E-state index in [1.54, 1.807) is 0 Å². The van der Waals surface area contributed by atoms with Crippen molar-refractivity contribution < 1.29 is 0 Å². The Morgan fingerprint density at radius 1 is 0.696 bits per heavy atom. The van der Waals surface area contributed by atoms with Gasteiger partial charge in [-0.2, -0.15) is 0 Å². The van der Waals surface area contributed by atoms with Crippen LogP contribution in [-0.4, -0.2) is 0 Å². The van der Waals surface area contributed by atoms with Crippen molar-refractivity contribution in [3.05, 3.63) is 107 Å². The van der Waals surface area contributed by atoms with Crippen molar-refractivity contribution in [3.63, 3.8) is 0 Å². The molecule has 0 atom stereocenters. The Kier molecular flexibility index (Phi) is 43.8. The summed E-state index contributed by atoms with van der Waals surface area (Å²) in [4.78, 5) is 0. The molecule has 3 aromatic carbocycles. The molecule has 0 aliphatic carbocycles. The Bertz CT molecular complexity index is 1090. The molecule has 0 unspecified atom stereocenters. The lowest BCUT2D eigenvalue weighted by Crippen LogP contribution is -2.12. The maximum absolute atomic E-state index is 5.37. The van der Waals surface area contributed by atoms with Crippen LogP contribution in [0.25, 0.3) is 11.1 Å². The third-order valence-corrected chi connectivity index (χ3v) is 5.10. The zero-order chi connectivity index (χ0) is 36.6. The lowest BCUT2D eigenvalue weighted by molar-refractivity contribution is 0.586. The molecular formula is C46H80. The van der Waals surface area contributed by atoms with Gasteiger partial charge in [0, 0.05) is 5.56 Å². The van der Waals surface area contributed by atoms with Crippen molar-refractivity contribution in [1.82, 2.24) is 0 Å². The van der Waals surface area contributed by atoms with Crippen LogP contribution in [0.3, 0.4) is 0 Å². The van der Waals surface area contributed by atoms with Gasteiger partial charge in [0.1, 0.15) is 0 Å². The summed E-state index contributed by atoms with van der Waals surface area (Å²) in [5, 5.41) is 0. The first kappa shape index (κ1) is 55.4. The fraction of sp³-hybridized carbons (Fsp3) is 0.522. The fourth-order valence-electron chi connectivity index (χ4n) is 3.19. The highest BCUT2D eigenvalue weighted by Gasteiger charge is 2.15. The summed E-state index contributed by atoms with van der Waals surface area (Å²) in [6, 6.07) is 23.2. The summed E-state index contributed by atoms with van der Waals surface area (Å²) >= 11 is 0. The summed E-state index contributed by atoms with van der Waals surface area (Å²) in [7, 11) is 0. The van der Waals surface area contributed by atoms with Gasteiger partial charge >= 0.3 is 0 Å².